The van der Waals surface area contributed by atoms with Crippen LogP contribution in [-0.2, 0) is 6.42 Å². The van der Waals surface area contributed by atoms with Crippen LogP contribution in [0.5, 0.6) is 5.75 Å². The van der Waals surface area contributed by atoms with Gasteiger partial charge in [-0.25, -0.2) is 0 Å². The number of aromatic amines is 1. The van der Waals surface area contributed by atoms with Gasteiger partial charge in [-0.15, -0.1) is 0 Å². The van der Waals surface area contributed by atoms with E-state index in [0.29, 0.717) is 22.0 Å². The normalized spacial score (nSPS) is 16.6. The summed E-state index contributed by atoms with van der Waals surface area (Å²) in [5, 5.41) is 19.9. The van der Waals surface area contributed by atoms with Gasteiger partial charge in [-0.3, -0.25) is 0 Å². The van der Waals surface area contributed by atoms with Crippen molar-refractivity contribution in [3.8, 4) is 5.75 Å². The Bertz CT molecular complexity index is 1330. The summed E-state index contributed by atoms with van der Waals surface area (Å²) in [6.07, 6.45) is 10.1. The number of rotatable bonds is 7. The van der Waals surface area contributed by atoms with Crippen LogP contribution in [0.2, 0.25) is 0 Å². The number of hydrogen-bond acceptors (Lipinski definition) is 10. The van der Waals surface area contributed by atoms with Crippen molar-refractivity contribution in [3.05, 3.63) is 70.8 Å². The molecule has 4 heterocycles. The molecule has 0 spiro atoms. The minimum atomic E-state index is -0.986. The van der Waals surface area contributed by atoms with Gasteiger partial charge in [-0.05, 0) is 0 Å². The van der Waals surface area contributed by atoms with E-state index >= 15 is 0 Å². The van der Waals surface area contributed by atoms with Crippen molar-refractivity contribution in [3.63, 3.8) is 0 Å². The number of aliphatic hydroxyl groups excluding tert-OH is 2. The number of aryl methyl sites for hydroxylation is 1. The molecule has 2 unspecified atom stereocenters. The van der Waals surface area contributed by atoms with Crippen LogP contribution in [0.25, 0.3) is 0 Å². The van der Waals surface area contributed by atoms with Crippen LogP contribution in [0.15, 0.2) is 64.1 Å². The summed E-state index contributed by atoms with van der Waals surface area (Å²) < 4.78 is 6.47. The van der Waals surface area contributed by atoms with E-state index in [4.69, 9.17) is 4.74 Å². The molecular formula is C22H21BN6O3S2. The van der Waals surface area contributed by atoms with E-state index in [1.165, 1.54) is 22.9 Å². The summed E-state index contributed by atoms with van der Waals surface area (Å²) in [5.74, 6) is 0.950. The Balaban J connectivity index is 1.51. The molecule has 0 radical (unpaired) electrons. The number of H-pyrrole nitrogens is 1. The first kappa shape index (κ1) is 22.8. The number of fused-ring (bicyclic) bond motifs is 1. The Kier molecular flexibility index (Phi) is 7.09. The molecule has 12 heteroatoms. The van der Waals surface area contributed by atoms with Crippen molar-refractivity contribution >= 4 is 34.9 Å². The maximum atomic E-state index is 9.87. The first-order valence-corrected chi connectivity index (χ1v) is 12.4. The number of aromatic nitrogens is 5. The molecule has 0 aliphatic heterocycles. The van der Waals surface area contributed by atoms with Crippen LogP contribution in [0, 0.1) is 0 Å². The van der Waals surface area contributed by atoms with Gasteiger partial charge in [0.15, 0.2) is 0 Å². The van der Waals surface area contributed by atoms with Gasteiger partial charge < -0.3 is 0 Å². The van der Waals surface area contributed by atoms with Crippen LogP contribution >= 0.6 is 22.9 Å². The molecule has 0 aromatic carbocycles. The van der Waals surface area contributed by atoms with Crippen LogP contribution in [0.3, 0.4) is 0 Å². The van der Waals surface area contributed by atoms with Gasteiger partial charge in [0.05, 0.1) is 0 Å². The molecule has 1 aliphatic rings. The Morgan fingerprint density at radius 2 is 2.24 bits per heavy atom. The number of hydrogen-bond donors (Lipinski definition) is 3. The molecule has 0 saturated carbocycles. The summed E-state index contributed by atoms with van der Waals surface area (Å²) in [7, 11) is 0. The molecule has 0 amide bonds. The number of aliphatic hydroxyl groups is 2. The van der Waals surface area contributed by atoms with Gasteiger partial charge in [0.2, 0.25) is 0 Å². The van der Waals surface area contributed by atoms with Crippen molar-refractivity contribution in [1.82, 2.24) is 24.9 Å². The third-order valence-corrected chi connectivity index (χ3v) is 6.98. The van der Waals surface area contributed by atoms with Crippen molar-refractivity contribution < 1.29 is 14.9 Å². The molecule has 5 rings (SSSR count). The summed E-state index contributed by atoms with van der Waals surface area (Å²) in [6, 6.07) is 7.67. The quantitative estimate of drug-likeness (QED) is 0.359. The molecule has 3 N–H and O–H groups in total. The SMILES string of the molecule is OCC(O)c1bs/c(=N\c2ncc(Sc3ccccn3)cc2OC2CCCc3ncncc32)[nH]1. The molecule has 0 bridgehead atoms. The second-order valence-corrected chi connectivity index (χ2v) is 9.57. The summed E-state index contributed by atoms with van der Waals surface area (Å²) >= 11 is 2.80. The average Bonchev–Trinajstić information content (AvgIpc) is 3.34. The Morgan fingerprint density at radius 3 is 3.09 bits per heavy atom. The third-order valence-electron chi connectivity index (χ3n) is 5.28. The van der Waals surface area contributed by atoms with E-state index in [1.807, 2.05) is 30.5 Å². The number of nitrogens with one attached hydrogen (secondary N) is 1. The summed E-state index contributed by atoms with van der Waals surface area (Å²) in [4.78, 5) is 26.6. The molecule has 4 aromatic rings. The van der Waals surface area contributed by atoms with Crippen LogP contribution in [-0.4, -0.2) is 47.9 Å². The van der Waals surface area contributed by atoms with Crippen molar-refractivity contribution in [2.24, 2.45) is 4.99 Å². The average molecular weight is 492 g/mol. The fourth-order valence-corrected chi connectivity index (χ4v) is 5.16. The van der Waals surface area contributed by atoms with Crippen LogP contribution in [0.4, 0.5) is 5.82 Å². The standard InChI is InChI=1S/C22H21BN6O3S2/c30-11-16(31)20-23-34-22(28-20)29-21-18(8-13(9-26-21)33-19-6-1-2-7-25-19)32-17-5-3-4-15-14(17)10-24-12-27-15/h1-2,6-10,12,16-17,30-31H,3-5,11H2,(H,26,28,29). The molecule has 172 valence electrons. The van der Waals surface area contributed by atoms with E-state index in [-0.39, 0.29) is 12.7 Å². The zero-order valence-corrected chi connectivity index (χ0v) is 19.7. The predicted molar refractivity (Wildman–Crippen MR) is 128 cm³/mol. The first-order chi connectivity index (χ1) is 16.7. The summed E-state index contributed by atoms with van der Waals surface area (Å²) in [5.41, 5.74) is 2.49. The fraction of sp³-hybridized carbons (Fsp3) is 0.273. The molecule has 0 saturated heterocycles. The molecule has 9 nitrogen and oxygen atoms in total. The Hall–Kier alpha value is -2.93. The Morgan fingerprint density at radius 1 is 1.29 bits per heavy atom. The van der Waals surface area contributed by atoms with Crippen LogP contribution in [0.1, 0.15) is 41.9 Å². The molecule has 4 aromatic heterocycles. The molecular weight excluding hydrogens is 471 g/mol. The molecule has 2 atom stereocenters. The minimum absolute atomic E-state index is 0.199. The number of ether oxygens (including phenoxy) is 1. The zero-order valence-electron chi connectivity index (χ0n) is 18.0. The van der Waals surface area contributed by atoms with Crippen molar-refractivity contribution in [2.45, 2.75) is 41.4 Å². The first-order valence-electron chi connectivity index (χ1n) is 10.8. The van der Waals surface area contributed by atoms with Crippen LogP contribution < -0.4 is 9.54 Å². The van der Waals surface area contributed by atoms with E-state index in [2.05, 4.69) is 29.9 Å². The van der Waals surface area contributed by atoms with E-state index in [1.54, 1.807) is 24.9 Å². The van der Waals surface area contributed by atoms with Gasteiger partial charge in [0.1, 0.15) is 0 Å². The molecule has 0 fully saturated rings. The van der Waals surface area contributed by atoms with Gasteiger partial charge >= 0.3 is 204 Å². The topological polar surface area (TPSA) is 129 Å². The number of nitrogens with zero attached hydrogens (tertiary/aromatic N) is 5. The molecule has 34 heavy (non-hydrogen) atoms. The number of pyridine rings is 2. The van der Waals surface area contributed by atoms with E-state index < -0.39 is 6.10 Å². The molecule has 1 aliphatic carbocycles. The van der Waals surface area contributed by atoms with Crippen molar-refractivity contribution in [2.75, 3.05) is 6.61 Å². The van der Waals surface area contributed by atoms with Gasteiger partial charge in [0.25, 0.3) is 0 Å². The predicted octanol–water partition coefficient (Wildman–Crippen LogP) is 2.86. The van der Waals surface area contributed by atoms with Gasteiger partial charge in [-0.2, -0.15) is 0 Å². The van der Waals surface area contributed by atoms with E-state index in [9.17, 15) is 10.2 Å². The van der Waals surface area contributed by atoms with E-state index in [0.717, 1.165) is 40.4 Å². The summed E-state index contributed by atoms with van der Waals surface area (Å²) in [6.45, 7) is -0.373. The van der Waals surface area contributed by atoms with Gasteiger partial charge in [-0.1, -0.05) is 0 Å². The third kappa shape index (κ3) is 5.25. The zero-order chi connectivity index (χ0) is 23.3. The van der Waals surface area contributed by atoms with Gasteiger partial charge in [0, 0.05) is 0 Å². The maximum absolute atomic E-state index is 9.87. The second-order valence-electron chi connectivity index (χ2n) is 7.62. The Labute approximate surface area is 204 Å². The van der Waals surface area contributed by atoms with Crippen molar-refractivity contribution in [1.29, 1.82) is 0 Å². The fourth-order valence-electron chi connectivity index (χ4n) is 3.62. The second kappa shape index (κ2) is 10.6. The monoisotopic (exact) mass is 492 g/mol.